The topological polar surface area (TPSA) is 82.3 Å². The van der Waals surface area contributed by atoms with Crippen LogP contribution in [0.2, 0.25) is 0 Å². The highest BCUT2D eigenvalue weighted by Gasteiger charge is 2.03. The molecule has 0 spiro atoms. The first-order valence-corrected chi connectivity index (χ1v) is 3.04. The summed E-state index contributed by atoms with van der Waals surface area (Å²) in [5, 5.41) is 17.8. The number of aromatic amines is 1. The molecule has 0 atom stereocenters. The smallest absolute Gasteiger partial charge is 0.194 e. The van der Waals surface area contributed by atoms with Crippen LogP contribution in [0.4, 0.5) is 0 Å². The molecule has 1 aromatic rings. The van der Waals surface area contributed by atoms with E-state index in [9.17, 15) is 0 Å². The van der Waals surface area contributed by atoms with Gasteiger partial charge in [-0.3, -0.25) is 4.98 Å². The molecular formula is C6H10N2O2. The zero-order valence-corrected chi connectivity index (χ0v) is 5.46. The van der Waals surface area contributed by atoms with E-state index in [0.717, 1.165) is 0 Å². The van der Waals surface area contributed by atoms with Gasteiger partial charge in [-0.1, -0.05) is 0 Å². The van der Waals surface area contributed by atoms with E-state index >= 15 is 0 Å². The van der Waals surface area contributed by atoms with Crippen LogP contribution < -0.4 is 5.73 Å². The number of aromatic hydroxyl groups is 2. The lowest BCUT2D eigenvalue weighted by Crippen LogP contribution is -2.01. The first kappa shape index (κ1) is 6.95. The van der Waals surface area contributed by atoms with Gasteiger partial charge in [0.1, 0.15) is 0 Å². The summed E-state index contributed by atoms with van der Waals surface area (Å²) in [5.41, 5.74) is 5.88. The molecule has 0 aliphatic rings. The van der Waals surface area contributed by atoms with Gasteiger partial charge in [-0.25, -0.2) is 0 Å². The number of H-pyrrole nitrogens is 1. The fourth-order valence-corrected chi connectivity index (χ4v) is 0.817. The summed E-state index contributed by atoms with van der Waals surface area (Å²) < 4.78 is 0. The van der Waals surface area contributed by atoms with Gasteiger partial charge < -0.3 is 15.9 Å². The average Bonchev–Trinajstić information content (AvgIpc) is 2.13. The second-order valence-electron chi connectivity index (χ2n) is 2.07. The Bertz CT molecular complexity index is 220. The van der Waals surface area contributed by atoms with Gasteiger partial charge in [0.05, 0.1) is 0 Å². The van der Waals surface area contributed by atoms with Crippen LogP contribution in [0.5, 0.6) is 11.8 Å². The molecule has 0 saturated heterocycles. The van der Waals surface area contributed by atoms with Crippen molar-refractivity contribution in [1.82, 2.24) is 4.98 Å². The number of aromatic nitrogens is 1. The number of nitrogens with one attached hydrogen (secondary N) is 1. The predicted molar refractivity (Wildman–Crippen MR) is 36.9 cm³/mol. The minimum Gasteiger partial charge on any atom is -0.495 e. The van der Waals surface area contributed by atoms with Crippen LogP contribution in [0.3, 0.4) is 0 Å². The molecule has 56 valence electrons. The third-order valence-electron chi connectivity index (χ3n) is 1.28. The predicted octanol–water partition coefficient (Wildman–Crippen LogP) is -0.0729. The zero-order chi connectivity index (χ0) is 7.56. The minimum absolute atomic E-state index is 0.00273. The standard InChI is InChI=1S/C6H10N2O2/c7-2-1-4-3-5(9)8-6(4)10/h3,8-10H,1-2,7H2. The van der Waals surface area contributed by atoms with E-state index in [-0.39, 0.29) is 11.8 Å². The van der Waals surface area contributed by atoms with E-state index in [1.165, 1.54) is 6.07 Å². The summed E-state index contributed by atoms with van der Waals surface area (Å²) in [5.74, 6) is -0.0242. The molecule has 10 heavy (non-hydrogen) atoms. The van der Waals surface area contributed by atoms with Gasteiger partial charge in [-0.05, 0) is 13.0 Å². The maximum atomic E-state index is 8.99. The van der Waals surface area contributed by atoms with Crippen LogP contribution in [0.1, 0.15) is 5.56 Å². The van der Waals surface area contributed by atoms with Gasteiger partial charge in [0.2, 0.25) is 0 Å². The normalized spacial score (nSPS) is 10.1. The molecule has 4 nitrogen and oxygen atoms in total. The van der Waals surface area contributed by atoms with Gasteiger partial charge in [0.15, 0.2) is 11.8 Å². The SMILES string of the molecule is NCCc1cc(O)[nH]c1O. The molecule has 0 unspecified atom stereocenters. The second kappa shape index (κ2) is 2.62. The minimum atomic E-state index is -0.0269. The Morgan fingerprint density at radius 3 is 2.60 bits per heavy atom. The monoisotopic (exact) mass is 142 g/mol. The highest BCUT2D eigenvalue weighted by molar-refractivity contribution is 5.32. The summed E-state index contributed by atoms with van der Waals surface area (Å²) in [6.07, 6.45) is 0.572. The number of rotatable bonds is 2. The molecule has 0 saturated carbocycles. The van der Waals surface area contributed by atoms with Crippen molar-refractivity contribution in [1.29, 1.82) is 0 Å². The number of nitrogens with two attached hydrogens (primary N) is 1. The molecule has 0 bridgehead atoms. The molecule has 1 aromatic heterocycles. The van der Waals surface area contributed by atoms with E-state index in [1.54, 1.807) is 0 Å². The van der Waals surface area contributed by atoms with Crippen LogP contribution in [0, 0.1) is 0 Å². The van der Waals surface area contributed by atoms with Crippen LogP contribution in [-0.2, 0) is 6.42 Å². The van der Waals surface area contributed by atoms with E-state index in [1.807, 2.05) is 0 Å². The third-order valence-corrected chi connectivity index (χ3v) is 1.28. The van der Waals surface area contributed by atoms with Crippen molar-refractivity contribution in [3.05, 3.63) is 11.6 Å². The summed E-state index contributed by atoms with van der Waals surface area (Å²) >= 11 is 0. The Morgan fingerprint density at radius 2 is 2.20 bits per heavy atom. The van der Waals surface area contributed by atoms with Crippen molar-refractivity contribution in [2.24, 2.45) is 5.73 Å². The van der Waals surface area contributed by atoms with E-state index in [0.29, 0.717) is 18.5 Å². The van der Waals surface area contributed by atoms with E-state index in [2.05, 4.69) is 4.98 Å². The third kappa shape index (κ3) is 1.22. The molecule has 4 heteroatoms. The maximum Gasteiger partial charge on any atom is 0.194 e. The molecular weight excluding hydrogens is 132 g/mol. The van der Waals surface area contributed by atoms with Crippen molar-refractivity contribution in [3.63, 3.8) is 0 Å². The van der Waals surface area contributed by atoms with E-state index < -0.39 is 0 Å². The number of hydrogen-bond acceptors (Lipinski definition) is 3. The molecule has 0 aliphatic heterocycles. The summed E-state index contributed by atoms with van der Waals surface area (Å²) in [6.45, 7) is 0.463. The van der Waals surface area contributed by atoms with Gasteiger partial charge in [0.25, 0.3) is 0 Å². The Morgan fingerprint density at radius 1 is 1.50 bits per heavy atom. The summed E-state index contributed by atoms with van der Waals surface area (Å²) in [7, 11) is 0. The fraction of sp³-hybridized carbons (Fsp3) is 0.333. The van der Waals surface area contributed by atoms with Crippen molar-refractivity contribution in [2.45, 2.75) is 6.42 Å². The largest absolute Gasteiger partial charge is 0.495 e. The summed E-state index contributed by atoms with van der Waals surface area (Å²) in [4.78, 5) is 2.35. The molecule has 5 N–H and O–H groups in total. The number of hydrogen-bond donors (Lipinski definition) is 4. The molecule has 0 radical (unpaired) electrons. The fourth-order valence-electron chi connectivity index (χ4n) is 0.817. The Kier molecular flexibility index (Phi) is 1.82. The first-order valence-electron chi connectivity index (χ1n) is 3.04. The van der Waals surface area contributed by atoms with Gasteiger partial charge in [0, 0.05) is 11.6 Å². The molecule has 0 amide bonds. The lowest BCUT2D eigenvalue weighted by molar-refractivity contribution is 0.423. The zero-order valence-electron chi connectivity index (χ0n) is 5.46. The van der Waals surface area contributed by atoms with Crippen LogP contribution >= 0.6 is 0 Å². The van der Waals surface area contributed by atoms with Gasteiger partial charge >= 0.3 is 0 Å². The van der Waals surface area contributed by atoms with Crippen LogP contribution in [0.25, 0.3) is 0 Å². The Balaban J connectivity index is 2.81. The average molecular weight is 142 g/mol. The van der Waals surface area contributed by atoms with Gasteiger partial charge in [-0.15, -0.1) is 0 Å². The van der Waals surface area contributed by atoms with Crippen LogP contribution in [0.15, 0.2) is 6.07 Å². The van der Waals surface area contributed by atoms with Crippen molar-refractivity contribution < 1.29 is 10.2 Å². The highest BCUT2D eigenvalue weighted by atomic mass is 16.3. The maximum absolute atomic E-state index is 8.99. The van der Waals surface area contributed by atoms with E-state index in [4.69, 9.17) is 15.9 Å². The molecule has 1 heterocycles. The highest BCUT2D eigenvalue weighted by Crippen LogP contribution is 2.20. The van der Waals surface area contributed by atoms with Crippen molar-refractivity contribution >= 4 is 0 Å². The van der Waals surface area contributed by atoms with Crippen LogP contribution in [-0.4, -0.2) is 21.7 Å². The molecule has 1 rings (SSSR count). The van der Waals surface area contributed by atoms with Gasteiger partial charge in [-0.2, -0.15) is 0 Å². The lowest BCUT2D eigenvalue weighted by atomic mass is 10.2. The quantitative estimate of drug-likeness (QED) is 0.466. The van der Waals surface area contributed by atoms with Crippen molar-refractivity contribution in [2.75, 3.05) is 6.54 Å². The summed E-state index contributed by atoms with van der Waals surface area (Å²) in [6, 6.07) is 1.46. The first-order chi connectivity index (χ1) is 4.74. The molecule has 0 fully saturated rings. The Labute approximate surface area is 58.3 Å². The molecule has 0 aromatic carbocycles. The lowest BCUT2D eigenvalue weighted by Gasteiger charge is -1.91. The van der Waals surface area contributed by atoms with Crippen molar-refractivity contribution in [3.8, 4) is 11.8 Å². The Hall–Kier alpha value is -1.16. The molecule has 0 aliphatic carbocycles. The second-order valence-corrected chi connectivity index (χ2v) is 2.07.